The number of para-hydroxylation sites is 1. The highest BCUT2D eigenvalue weighted by Gasteiger charge is 2.43. The normalized spacial score (nSPS) is 21.3. The Labute approximate surface area is 230 Å². The molecule has 0 heterocycles. The van der Waals surface area contributed by atoms with Crippen LogP contribution in [-0.2, 0) is 14.9 Å². The van der Waals surface area contributed by atoms with Crippen molar-refractivity contribution in [2.24, 2.45) is 11.8 Å². The van der Waals surface area contributed by atoms with Crippen LogP contribution in [0, 0.1) is 11.8 Å². The van der Waals surface area contributed by atoms with Crippen molar-refractivity contribution in [3.05, 3.63) is 90.0 Å². The predicted octanol–water partition coefficient (Wildman–Crippen LogP) is 6.80. The van der Waals surface area contributed by atoms with Gasteiger partial charge in [-0.1, -0.05) is 81.8 Å². The van der Waals surface area contributed by atoms with E-state index in [-0.39, 0.29) is 17.4 Å². The van der Waals surface area contributed by atoms with Crippen LogP contribution in [0.15, 0.2) is 83.8 Å². The van der Waals surface area contributed by atoms with Crippen LogP contribution in [0.5, 0.6) is 5.75 Å². The number of aliphatic hydroxyl groups is 1. The predicted molar refractivity (Wildman–Crippen MR) is 154 cm³/mol. The summed E-state index contributed by atoms with van der Waals surface area (Å²) in [5.41, 5.74) is 8.66. The van der Waals surface area contributed by atoms with E-state index < -0.39 is 17.3 Å². The monoisotopic (exact) mass is 533 g/mol. The lowest BCUT2D eigenvalue weighted by Crippen LogP contribution is -2.45. The first-order valence-corrected chi connectivity index (χ1v) is 14.2. The first kappa shape index (κ1) is 28.1. The number of carbonyl (C=O) groups is 1. The molecule has 3 aromatic rings. The molecule has 0 aromatic heterocycles. The molecule has 0 amide bonds. The summed E-state index contributed by atoms with van der Waals surface area (Å²) in [6.45, 7) is 6.67. The molecule has 1 aliphatic carbocycles. The molecule has 6 heteroatoms. The Hall–Kier alpha value is -2.96. The van der Waals surface area contributed by atoms with Gasteiger partial charge in [0.15, 0.2) is 6.10 Å². The molecule has 0 radical (unpaired) electrons. The van der Waals surface area contributed by atoms with Crippen molar-refractivity contribution < 1.29 is 19.4 Å². The van der Waals surface area contributed by atoms with Crippen molar-refractivity contribution in [3.63, 3.8) is 0 Å². The van der Waals surface area contributed by atoms with E-state index in [1.807, 2.05) is 54.6 Å². The van der Waals surface area contributed by atoms with Gasteiger partial charge in [-0.05, 0) is 59.6 Å². The summed E-state index contributed by atoms with van der Waals surface area (Å²) in [6, 6.07) is 25.3. The fraction of sp³-hybridized carbons (Fsp3) is 0.406. The van der Waals surface area contributed by atoms with E-state index in [1.165, 1.54) is 17.3 Å². The van der Waals surface area contributed by atoms with E-state index in [0.717, 1.165) is 29.7 Å². The average Bonchev–Trinajstić information content (AvgIpc) is 2.92. The van der Waals surface area contributed by atoms with Crippen LogP contribution in [0.4, 0.5) is 5.69 Å². The summed E-state index contributed by atoms with van der Waals surface area (Å²) in [6.07, 6.45) is 1.19. The number of anilines is 1. The SMILES string of the molecule is COc1ccc([C@H](Sc2ccccc2N)[C@@H](O)C(=O)O[C@@H]2C[C@H](C)CC[C@H]2C(C)(C)c2ccccc2)cc1. The molecule has 4 rings (SSSR count). The summed E-state index contributed by atoms with van der Waals surface area (Å²) >= 11 is 1.37. The molecule has 0 unspecified atom stereocenters. The molecular formula is C32H39NO4S. The van der Waals surface area contributed by atoms with E-state index in [0.29, 0.717) is 17.4 Å². The van der Waals surface area contributed by atoms with Crippen molar-refractivity contribution in [1.82, 2.24) is 0 Å². The second-order valence-electron chi connectivity index (χ2n) is 10.9. The van der Waals surface area contributed by atoms with E-state index in [2.05, 4.69) is 45.0 Å². The van der Waals surface area contributed by atoms with Crippen molar-refractivity contribution in [2.75, 3.05) is 12.8 Å². The van der Waals surface area contributed by atoms with Crippen molar-refractivity contribution in [3.8, 4) is 5.75 Å². The summed E-state index contributed by atoms with van der Waals surface area (Å²) in [5, 5.41) is 10.8. The van der Waals surface area contributed by atoms with Gasteiger partial charge in [0, 0.05) is 16.5 Å². The van der Waals surface area contributed by atoms with Crippen LogP contribution in [0.3, 0.4) is 0 Å². The van der Waals surface area contributed by atoms with E-state index in [4.69, 9.17) is 15.2 Å². The Balaban J connectivity index is 1.59. The minimum absolute atomic E-state index is 0.147. The Morgan fingerprint density at radius 2 is 1.66 bits per heavy atom. The molecule has 1 aliphatic rings. The Bertz CT molecular complexity index is 1200. The molecule has 202 valence electrons. The first-order chi connectivity index (χ1) is 18.2. The number of aliphatic hydroxyl groups excluding tert-OH is 1. The minimum Gasteiger partial charge on any atom is -0.497 e. The summed E-state index contributed by atoms with van der Waals surface area (Å²) < 4.78 is 11.5. The molecular weight excluding hydrogens is 494 g/mol. The lowest BCUT2D eigenvalue weighted by Gasteiger charge is -2.44. The van der Waals surface area contributed by atoms with Gasteiger partial charge in [0.05, 0.1) is 12.4 Å². The second-order valence-corrected chi connectivity index (χ2v) is 12.1. The molecule has 5 nitrogen and oxygen atoms in total. The quantitative estimate of drug-likeness (QED) is 0.179. The zero-order valence-electron chi connectivity index (χ0n) is 22.7. The smallest absolute Gasteiger partial charge is 0.336 e. The molecule has 1 saturated carbocycles. The van der Waals surface area contributed by atoms with Gasteiger partial charge in [-0.3, -0.25) is 0 Å². The third-order valence-electron chi connectivity index (χ3n) is 7.91. The Morgan fingerprint density at radius 3 is 2.32 bits per heavy atom. The number of hydrogen-bond acceptors (Lipinski definition) is 6. The fourth-order valence-electron chi connectivity index (χ4n) is 5.54. The van der Waals surface area contributed by atoms with Crippen LogP contribution < -0.4 is 10.5 Å². The first-order valence-electron chi connectivity index (χ1n) is 13.3. The standard InChI is InChI=1S/C32H39NO4S/c1-21-14-19-25(32(2,3)23-10-6-5-7-11-23)27(20-21)37-31(35)29(34)30(22-15-17-24(36-4)18-16-22)38-28-13-9-8-12-26(28)33/h5-13,15-18,21,25,27,29-30,34H,14,19-20,33H2,1-4H3/t21-,25-,27-,29-,30+/m1/s1. The van der Waals surface area contributed by atoms with Gasteiger partial charge in [0.1, 0.15) is 11.9 Å². The zero-order chi connectivity index (χ0) is 27.3. The molecule has 0 saturated heterocycles. The van der Waals surface area contributed by atoms with Gasteiger partial charge in [-0.2, -0.15) is 0 Å². The molecule has 5 atom stereocenters. The van der Waals surface area contributed by atoms with Crippen molar-refractivity contribution in [2.45, 2.75) is 67.8 Å². The molecule has 0 bridgehead atoms. The van der Waals surface area contributed by atoms with Gasteiger partial charge >= 0.3 is 5.97 Å². The summed E-state index contributed by atoms with van der Waals surface area (Å²) in [7, 11) is 1.61. The van der Waals surface area contributed by atoms with E-state index >= 15 is 0 Å². The van der Waals surface area contributed by atoms with Crippen LogP contribution in [0.25, 0.3) is 0 Å². The highest BCUT2D eigenvalue weighted by atomic mass is 32.2. The maximum Gasteiger partial charge on any atom is 0.336 e. The number of ether oxygens (including phenoxy) is 2. The van der Waals surface area contributed by atoms with Crippen molar-refractivity contribution in [1.29, 1.82) is 0 Å². The van der Waals surface area contributed by atoms with Crippen LogP contribution in [0.2, 0.25) is 0 Å². The topological polar surface area (TPSA) is 81.8 Å². The molecule has 0 spiro atoms. The van der Waals surface area contributed by atoms with Gasteiger partial charge in [-0.15, -0.1) is 11.8 Å². The van der Waals surface area contributed by atoms with Crippen LogP contribution in [0.1, 0.15) is 56.4 Å². The fourth-order valence-corrected chi connectivity index (χ4v) is 6.71. The number of benzene rings is 3. The maximum absolute atomic E-state index is 13.6. The van der Waals surface area contributed by atoms with Crippen molar-refractivity contribution >= 4 is 23.4 Å². The van der Waals surface area contributed by atoms with E-state index in [1.54, 1.807) is 7.11 Å². The Kier molecular flexibility index (Phi) is 9.06. The molecule has 0 aliphatic heterocycles. The Morgan fingerprint density at radius 1 is 1.00 bits per heavy atom. The number of methoxy groups -OCH3 is 1. The summed E-state index contributed by atoms with van der Waals surface area (Å²) in [5.74, 6) is 0.703. The number of carbonyl (C=O) groups excluding carboxylic acids is 1. The maximum atomic E-state index is 13.6. The number of nitrogens with two attached hydrogens (primary N) is 1. The average molecular weight is 534 g/mol. The lowest BCUT2D eigenvalue weighted by molar-refractivity contribution is -0.166. The zero-order valence-corrected chi connectivity index (χ0v) is 23.5. The van der Waals surface area contributed by atoms with Gasteiger partial charge in [0.2, 0.25) is 0 Å². The number of rotatable bonds is 9. The molecule has 38 heavy (non-hydrogen) atoms. The number of thioether (sulfide) groups is 1. The highest BCUT2D eigenvalue weighted by molar-refractivity contribution is 7.99. The van der Waals surface area contributed by atoms with Crippen LogP contribution in [-0.4, -0.2) is 30.4 Å². The third-order valence-corrected chi connectivity index (χ3v) is 9.32. The second kappa shape index (κ2) is 12.3. The summed E-state index contributed by atoms with van der Waals surface area (Å²) in [4.78, 5) is 14.4. The van der Waals surface area contributed by atoms with Gasteiger partial charge in [-0.25, -0.2) is 4.79 Å². The molecule has 3 aromatic carbocycles. The molecule has 1 fully saturated rings. The lowest BCUT2D eigenvalue weighted by atomic mass is 9.64. The van der Waals surface area contributed by atoms with E-state index in [9.17, 15) is 9.90 Å². The molecule has 3 N–H and O–H groups in total. The third kappa shape index (κ3) is 6.36. The minimum atomic E-state index is -1.37. The van der Waals surface area contributed by atoms with Gasteiger partial charge < -0.3 is 20.3 Å². The van der Waals surface area contributed by atoms with Crippen LogP contribution >= 0.6 is 11.8 Å². The number of nitrogen functional groups attached to an aromatic ring is 1. The highest BCUT2D eigenvalue weighted by Crippen LogP contribution is 2.45. The number of hydrogen-bond donors (Lipinski definition) is 2. The number of esters is 1. The van der Waals surface area contributed by atoms with Gasteiger partial charge in [0.25, 0.3) is 0 Å². The largest absolute Gasteiger partial charge is 0.497 e.